The van der Waals surface area contributed by atoms with Crippen molar-refractivity contribution in [1.82, 2.24) is 4.98 Å². The number of hydrazone groups is 1. The molecular weight excluding hydrogens is 236 g/mol. The summed E-state index contributed by atoms with van der Waals surface area (Å²) in [7, 11) is 4.04. The molecule has 2 aromatic rings. The van der Waals surface area contributed by atoms with Crippen LogP contribution < -0.4 is 10.3 Å². The van der Waals surface area contributed by atoms with Crippen LogP contribution in [0.4, 0.5) is 11.5 Å². The summed E-state index contributed by atoms with van der Waals surface area (Å²) in [5, 5.41) is 4.16. The van der Waals surface area contributed by atoms with Crippen LogP contribution in [0, 0.1) is 6.92 Å². The van der Waals surface area contributed by atoms with Gasteiger partial charge in [0.1, 0.15) is 5.82 Å². The molecule has 4 heteroatoms. The highest BCUT2D eigenvalue weighted by atomic mass is 15.3. The molecule has 2 rings (SSSR count). The van der Waals surface area contributed by atoms with Gasteiger partial charge in [0.05, 0.1) is 6.21 Å². The number of nitrogens with zero attached hydrogens (tertiary/aromatic N) is 3. The molecule has 98 valence electrons. The molecule has 0 saturated heterocycles. The Bertz CT molecular complexity index is 541. The van der Waals surface area contributed by atoms with Gasteiger partial charge in [0.2, 0.25) is 0 Å². The normalized spacial score (nSPS) is 10.7. The number of hydrogen-bond acceptors (Lipinski definition) is 4. The highest BCUT2D eigenvalue weighted by molar-refractivity contribution is 5.80. The van der Waals surface area contributed by atoms with Crippen molar-refractivity contribution in [1.29, 1.82) is 0 Å². The molecule has 0 bridgehead atoms. The van der Waals surface area contributed by atoms with Crippen LogP contribution in [0.5, 0.6) is 0 Å². The van der Waals surface area contributed by atoms with Gasteiger partial charge in [0, 0.05) is 26.0 Å². The zero-order valence-electron chi connectivity index (χ0n) is 11.5. The predicted octanol–water partition coefficient (Wildman–Crippen LogP) is 2.90. The lowest BCUT2D eigenvalue weighted by atomic mass is 10.2. The summed E-state index contributed by atoms with van der Waals surface area (Å²) in [6.45, 7) is 2.01. The minimum absolute atomic E-state index is 0.742. The van der Waals surface area contributed by atoms with Gasteiger partial charge in [-0.05, 0) is 36.2 Å². The molecule has 19 heavy (non-hydrogen) atoms. The summed E-state index contributed by atoms with van der Waals surface area (Å²) in [6.07, 6.45) is 3.59. The fourth-order valence-electron chi connectivity index (χ4n) is 1.57. The first-order chi connectivity index (χ1) is 9.15. The van der Waals surface area contributed by atoms with Crippen molar-refractivity contribution in [2.24, 2.45) is 5.10 Å². The molecule has 0 fully saturated rings. The first-order valence-corrected chi connectivity index (χ1v) is 6.14. The van der Waals surface area contributed by atoms with E-state index in [4.69, 9.17) is 0 Å². The number of aryl methyl sites for hydroxylation is 1. The summed E-state index contributed by atoms with van der Waals surface area (Å²) in [6, 6.07) is 12.1. The lowest BCUT2D eigenvalue weighted by Crippen LogP contribution is -2.08. The van der Waals surface area contributed by atoms with Crippen molar-refractivity contribution in [2.75, 3.05) is 24.4 Å². The van der Waals surface area contributed by atoms with Gasteiger partial charge >= 0.3 is 0 Å². The number of benzene rings is 1. The number of anilines is 2. The van der Waals surface area contributed by atoms with Crippen LogP contribution in [0.2, 0.25) is 0 Å². The van der Waals surface area contributed by atoms with Gasteiger partial charge in [-0.1, -0.05) is 18.2 Å². The Morgan fingerprint density at radius 1 is 1.11 bits per heavy atom. The molecule has 0 aliphatic heterocycles. The molecular formula is C15H18N4. The zero-order valence-corrected chi connectivity index (χ0v) is 11.5. The second-order valence-corrected chi connectivity index (χ2v) is 4.58. The lowest BCUT2D eigenvalue weighted by Gasteiger charge is -2.11. The number of hydrogen-bond donors (Lipinski definition) is 1. The van der Waals surface area contributed by atoms with Crippen molar-refractivity contribution in [3.05, 3.63) is 53.7 Å². The number of pyridine rings is 1. The van der Waals surface area contributed by atoms with Gasteiger partial charge in [0.25, 0.3) is 0 Å². The van der Waals surface area contributed by atoms with Crippen LogP contribution in [0.25, 0.3) is 0 Å². The van der Waals surface area contributed by atoms with Crippen molar-refractivity contribution in [3.63, 3.8) is 0 Å². The largest absolute Gasteiger partial charge is 0.378 e. The van der Waals surface area contributed by atoms with Crippen molar-refractivity contribution in [2.45, 2.75) is 6.92 Å². The van der Waals surface area contributed by atoms with Crippen LogP contribution in [0.3, 0.4) is 0 Å². The second-order valence-electron chi connectivity index (χ2n) is 4.58. The Morgan fingerprint density at radius 2 is 1.84 bits per heavy atom. The first-order valence-electron chi connectivity index (χ1n) is 6.14. The van der Waals surface area contributed by atoms with Gasteiger partial charge in [-0.3, -0.25) is 5.43 Å². The van der Waals surface area contributed by atoms with Gasteiger partial charge < -0.3 is 4.90 Å². The molecule has 0 saturated carbocycles. The van der Waals surface area contributed by atoms with E-state index >= 15 is 0 Å². The van der Waals surface area contributed by atoms with Gasteiger partial charge in [-0.25, -0.2) is 4.98 Å². The van der Waals surface area contributed by atoms with E-state index in [1.54, 1.807) is 6.21 Å². The van der Waals surface area contributed by atoms with Gasteiger partial charge in [-0.2, -0.15) is 5.10 Å². The summed E-state index contributed by atoms with van der Waals surface area (Å²) < 4.78 is 0. The van der Waals surface area contributed by atoms with Crippen LogP contribution in [-0.4, -0.2) is 25.3 Å². The average molecular weight is 254 g/mol. The van der Waals surface area contributed by atoms with Gasteiger partial charge in [-0.15, -0.1) is 0 Å². The predicted molar refractivity (Wildman–Crippen MR) is 81.0 cm³/mol. The highest BCUT2D eigenvalue weighted by Gasteiger charge is 1.94. The third-order valence-corrected chi connectivity index (χ3v) is 2.71. The SMILES string of the molecule is Cc1ccc(N/N=C/c2ccc(N(C)C)cc2)nc1. The van der Waals surface area contributed by atoms with Crippen molar-refractivity contribution >= 4 is 17.7 Å². The van der Waals surface area contributed by atoms with Crippen LogP contribution in [-0.2, 0) is 0 Å². The Morgan fingerprint density at radius 3 is 2.42 bits per heavy atom. The fraction of sp³-hybridized carbons (Fsp3) is 0.200. The highest BCUT2D eigenvalue weighted by Crippen LogP contribution is 2.11. The first kappa shape index (κ1) is 13.1. The van der Waals surface area contributed by atoms with E-state index in [9.17, 15) is 0 Å². The molecule has 1 aromatic heterocycles. The molecule has 1 N–H and O–H groups in total. The van der Waals surface area contributed by atoms with E-state index in [1.807, 2.05) is 51.5 Å². The third kappa shape index (κ3) is 3.81. The Hall–Kier alpha value is -2.36. The molecule has 0 aliphatic rings. The van der Waals surface area contributed by atoms with E-state index in [0.717, 1.165) is 16.9 Å². The van der Waals surface area contributed by atoms with E-state index in [2.05, 4.69) is 32.5 Å². The standard InChI is InChI=1S/C15H18N4/c1-12-4-9-15(16-10-12)18-17-11-13-5-7-14(8-6-13)19(2)3/h4-11H,1-3H3,(H,16,18)/b17-11+. The maximum Gasteiger partial charge on any atom is 0.146 e. The Labute approximate surface area is 113 Å². The molecule has 4 nitrogen and oxygen atoms in total. The number of rotatable bonds is 4. The molecule has 0 aliphatic carbocycles. The van der Waals surface area contributed by atoms with Crippen LogP contribution in [0.15, 0.2) is 47.7 Å². The number of nitrogens with one attached hydrogen (secondary N) is 1. The lowest BCUT2D eigenvalue weighted by molar-refractivity contribution is 1.13. The fourth-order valence-corrected chi connectivity index (χ4v) is 1.57. The summed E-state index contributed by atoms with van der Waals surface area (Å²) in [5.41, 5.74) is 6.26. The van der Waals surface area contributed by atoms with Crippen molar-refractivity contribution < 1.29 is 0 Å². The zero-order chi connectivity index (χ0) is 13.7. The quantitative estimate of drug-likeness (QED) is 0.673. The number of aromatic nitrogens is 1. The van der Waals surface area contributed by atoms with E-state index in [1.165, 1.54) is 5.69 Å². The molecule has 1 heterocycles. The molecule has 0 atom stereocenters. The summed E-state index contributed by atoms with van der Waals surface area (Å²) in [5.74, 6) is 0.742. The average Bonchev–Trinajstić information content (AvgIpc) is 2.41. The Balaban J connectivity index is 1.97. The molecule has 1 aromatic carbocycles. The van der Waals surface area contributed by atoms with E-state index in [-0.39, 0.29) is 0 Å². The summed E-state index contributed by atoms with van der Waals surface area (Å²) >= 11 is 0. The molecule has 0 radical (unpaired) electrons. The summed E-state index contributed by atoms with van der Waals surface area (Å²) in [4.78, 5) is 6.28. The van der Waals surface area contributed by atoms with Crippen molar-refractivity contribution in [3.8, 4) is 0 Å². The monoisotopic (exact) mass is 254 g/mol. The topological polar surface area (TPSA) is 40.5 Å². The second kappa shape index (κ2) is 6.00. The maximum absolute atomic E-state index is 4.22. The Kier molecular flexibility index (Phi) is 4.13. The van der Waals surface area contributed by atoms with Crippen LogP contribution >= 0.6 is 0 Å². The van der Waals surface area contributed by atoms with E-state index in [0.29, 0.717) is 0 Å². The molecule has 0 unspecified atom stereocenters. The minimum atomic E-state index is 0.742. The molecule has 0 spiro atoms. The third-order valence-electron chi connectivity index (χ3n) is 2.71. The maximum atomic E-state index is 4.22. The van der Waals surface area contributed by atoms with E-state index < -0.39 is 0 Å². The van der Waals surface area contributed by atoms with Crippen LogP contribution in [0.1, 0.15) is 11.1 Å². The minimum Gasteiger partial charge on any atom is -0.378 e. The van der Waals surface area contributed by atoms with Gasteiger partial charge in [0.15, 0.2) is 0 Å². The smallest absolute Gasteiger partial charge is 0.146 e. The molecule has 0 amide bonds.